The summed E-state index contributed by atoms with van der Waals surface area (Å²) in [5.74, 6) is 0.876. The summed E-state index contributed by atoms with van der Waals surface area (Å²) in [4.78, 5) is 2.43. The maximum Gasteiger partial charge on any atom is 0.0365 e. The van der Waals surface area contributed by atoms with Gasteiger partial charge in [-0.3, -0.25) is 4.21 Å². The van der Waals surface area contributed by atoms with E-state index in [-0.39, 0.29) is 0 Å². The maximum absolute atomic E-state index is 11.4. The molecule has 3 heteroatoms. The van der Waals surface area contributed by atoms with Gasteiger partial charge in [-0.2, -0.15) is 0 Å². The SMILES string of the molecule is CCCN1CCC(C)S(=O)CC1. The lowest BCUT2D eigenvalue weighted by Crippen LogP contribution is -2.27. The van der Waals surface area contributed by atoms with Crippen molar-refractivity contribution in [2.75, 3.05) is 25.4 Å². The van der Waals surface area contributed by atoms with E-state index < -0.39 is 10.8 Å². The van der Waals surface area contributed by atoms with E-state index in [1.54, 1.807) is 0 Å². The lowest BCUT2D eigenvalue weighted by Gasteiger charge is -2.17. The van der Waals surface area contributed by atoms with Crippen LogP contribution >= 0.6 is 0 Å². The predicted octanol–water partition coefficient (Wildman–Crippen LogP) is 1.24. The number of hydrogen-bond acceptors (Lipinski definition) is 2. The van der Waals surface area contributed by atoms with Gasteiger partial charge in [0.25, 0.3) is 0 Å². The molecule has 0 saturated carbocycles. The highest BCUT2D eigenvalue weighted by atomic mass is 32.2. The Labute approximate surface area is 77.8 Å². The van der Waals surface area contributed by atoms with Gasteiger partial charge in [0.05, 0.1) is 0 Å². The first-order valence-electron chi connectivity index (χ1n) is 4.83. The fraction of sp³-hybridized carbons (Fsp3) is 1.00. The van der Waals surface area contributed by atoms with E-state index in [1.165, 1.54) is 13.0 Å². The molecule has 0 spiro atoms. The van der Waals surface area contributed by atoms with Crippen LogP contribution in [0.3, 0.4) is 0 Å². The number of nitrogens with zero attached hydrogens (tertiary/aromatic N) is 1. The van der Waals surface area contributed by atoms with Crippen molar-refractivity contribution in [1.82, 2.24) is 4.90 Å². The van der Waals surface area contributed by atoms with Gasteiger partial charge in [-0.1, -0.05) is 13.8 Å². The van der Waals surface area contributed by atoms with Gasteiger partial charge in [0, 0.05) is 28.3 Å². The highest BCUT2D eigenvalue weighted by Crippen LogP contribution is 2.09. The van der Waals surface area contributed by atoms with Gasteiger partial charge in [-0.25, -0.2) is 0 Å². The zero-order valence-electron chi connectivity index (χ0n) is 8.08. The Morgan fingerprint density at radius 2 is 2.25 bits per heavy atom. The normalized spacial score (nSPS) is 33.2. The Morgan fingerprint density at radius 3 is 2.92 bits per heavy atom. The summed E-state index contributed by atoms with van der Waals surface area (Å²) in [5.41, 5.74) is 0. The van der Waals surface area contributed by atoms with Crippen molar-refractivity contribution in [3.05, 3.63) is 0 Å². The molecule has 1 heterocycles. The third-order valence-electron chi connectivity index (χ3n) is 2.45. The zero-order chi connectivity index (χ0) is 8.97. The molecule has 0 aromatic carbocycles. The summed E-state index contributed by atoms with van der Waals surface area (Å²) >= 11 is 0. The molecule has 0 bridgehead atoms. The summed E-state index contributed by atoms with van der Waals surface area (Å²) in [5, 5.41) is 0.409. The molecule has 2 unspecified atom stereocenters. The Balaban J connectivity index is 2.38. The molecule has 1 aliphatic rings. The molecule has 0 radical (unpaired) electrons. The number of rotatable bonds is 2. The van der Waals surface area contributed by atoms with Crippen LogP contribution in [0, 0.1) is 0 Å². The molecule has 1 fully saturated rings. The third kappa shape index (κ3) is 2.87. The molecule has 1 rings (SSSR count). The topological polar surface area (TPSA) is 20.3 Å². The molecule has 0 aromatic rings. The lowest BCUT2D eigenvalue weighted by atomic mass is 10.3. The van der Waals surface area contributed by atoms with Gasteiger partial charge in [0.15, 0.2) is 0 Å². The second-order valence-corrected chi connectivity index (χ2v) is 5.50. The summed E-state index contributed by atoms with van der Waals surface area (Å²) in [6, 6.07) is 0. The van der Waals surface area contributed by atoms with Crippen molar-refractivity contribution >= 4 is 10.8 Å². The molecule has 12 heavy (non-hydrogen) atoms. The maximum atomic E-state index is 11.4. The van der Waals surface area contributed by atoms with Crippen LogP contribution in [0.2, 0.25) is 0 Å². The van der Waals surface area contributed by atoms with Crippen molar-refractivity contribution in [1.29, 1.82) is 0 Å². The van der Waals surface area contributed by atoms with Crippen molar-refractivity contribution in [2.45, 2.75) is 31.9 Å². The molecule has 0 amide bonds. The minimum atomic E-state index is -0.568. The Hall–Kier alpha value is 0.110. The van der Waals surface area contributed by atoms with Crippen molar-refractivity contribution in [3.63, 3.8) is 0 Å². The molecule has 0 N–H and O–H groups in total. The third-order valence-corrected chi connectivity index (χ3v) is 4.17. The van der Waals surface area contributed by atoms with Gasteiger partial charge >= 0.3 is 0 Å². The smallest absolute Gasteiger partial charge is 0.0365 e. The highest BCUT2D eigenvalue weighted by molar-refractivity contribution is 7.85. The second kappa shape index (κ2) is 4.97. The number of hydrogen-bond donors (Lipinski definition) is 0. The van der Waals surface area contributed by atoms with E-state index in [0.29, 0.717) is 5.25 Å². The summed E-state index contributed by atoms with van der Waals surface area (Å²) in [6.45, 7) is 7.65. The molecular formula is C9H19NOS. The highest BCUT2D eigenvalue weighted by Gasteiger charge is 2.18. The van der Waals surface area contributed by atoms with E-state index in [9.17, 15) is 4.21 Å². The first kappa shape index (κ1) is 10.2. The molecule has 1 saturated heterocycles. The molecule has 2 nitrogen and oxygen atoms in total. The van der Waals surface area contributed by atoms with Crippen molar-refractivity contribution in [3.8, 4) is 0 Å². The minimum Gasteiger partial charge on any atom is -0.302 e. The average molecular weight is 189 g/mol. The Kier molecular flexibility index (Phi) is 4.22. The molecule has 72 valence electrons. The minimum absolute atomic E-state index is 0.409. The van der Waals surface area contributed by atoms with Crippen LogP contribution in [-0.4, -0.2) is 39.7 Å². The zero-order valence-corrected chi connectivity index (χ0v) is 8.90. The lowest BCUT2D eigenvalue weighted by molar-refractivity contribution is 0.292. The van der Waals surface area contributed by atoms with Crippen LogP contribution in [0.15, 0.2) is 0 Å². The van der Waals surface area contributed by atoms with Gasteiger partial charge in [0.2, 0.25) is 0 Å². The van der Waals surface area contributed by atoms with Crippen LogP contribution in [0.1, 0.15) is 26.7 Å². The Bertz CT molecular complexity index is 161. The van der Waals surface area contributed by atoms with Crippen LogP contribution < -0.4 is 0 Å². The molecular weight excluding hydrogens is 170 g/mol. The molecule has 1 aliphatic heterocycles. The first-order chi connectivity index (χ1) is 5.74. The molecule has 2 atom stereocenters. The average Bonchev–Trinajstić information content (AvgIpc) is 2.20. The standard InChI is InChI=1S/C9H19NOS/c1-3-5-10-6-4-9(2)12(11)8-7-10/h9H,3-8H2,1-2H3. The monoisotopic (exact) mass is 189 g/mol. The van der Waals surface area contributed by atoms with Crippen LogP contribution in [0.25, 0.3) is 0 Å². The fourth-order valence-corrected chi connectivity index (χ4v) is 2.78. The molecule has 0 aliphatic carbocycles. The van der Waals surface area contributed by atoms with E-state index in [0.717, 1.165) is 25.3 Å². The largest absolute Gasteiger partial charge is 0.302 e. The summed E-state index contributed by atoms with van der Waals surface area (Å²) in [6.07, 6.45) is 2.31. The molecule has 0 aromatic heterocycles. The van der Waals surface area contributed by atoms with Gasteiger partial charge in [-0.15, -0.1) is 0 Å². The van der Waals surface area contributed by atoms with Gasteiger partial charge in [0.1, 0.15) is 0 Å². The van der Waals surface area contributed by atoms with E-state index in [2.05, 4.69) is 18.7 Å². The van der Waals surface area contributed by atoms with E-state index >= 15 is 0 Å². The van der Waals surface area contributed by atoms with Gasteiger partial charge < -0.3 is 4.90 Å². The predicted molar refractivity (Wildman–Crippen MR) is 53.8 cm³/mol. The van der Waals surface area contributed by atoms with Crippen molar-refractivity contribution in [2.24, 2.45) is 0 Å². The Morgan fingerprint density at radius 1 is 1.50 bits per heavy atom. The summed E-state index contributed by atoms with van der Waals surface area (Å²) in [7, 11) is -0.568. The summed E-state index contributed by atoms with van der Waals surface area (Å²) < 4.78 is 11.4. The fourth-order valence-electron chi connectivity index (χ4n) is 1.57. The van der Waals surface area contributed by atoms with Crippen LogP contribution in [0.5, 0.6) is 0 Å². The van der Waals surface area contributed by atoms with E-state index in [1.807, 2.05) is 0 Å². The quantitative estimate of drug-likeness (QED) is 0.651. The van der Waals surface area contributed by atoms with Crippen molar-refractivity contribution < 1.29 is 4.21 Å². The second-order valence-electron chi connectivity index (χ2n) is 3.53. The van der Waals surface area contributed by atoms with Crippen LogP contribution in [-0.2, 0) is 10.8 Å². The first-order valence-corrected chi connectivity index (χ1v) is 6.21. The van der Waals surface area contributed by atoms with Crippen LogP contribution in [0.4, 0.5) is 0 Å². The van der Waals surface area contributed by atoms with E-state index in [4.69, 9.17) is 0 Å². The van der Waals surface area contributed by atoms with Gasteiger partial charge in [-0.05, 0) is 25.9 Å².